The molecule has 1 heterocycles. The molecule has 1 aliphatic rings. The summed E-state index contributed by atoms with van der Waals surface area (Å²) in [5, 5.41) is 8.90. The number of methoxy groups -OCH3 is 1. The maximum Gasteiger partial charge on any atom is 0.344 e. The summed E-state index contributed by atoms with van der Waals surface area (Å²) >= 11 is 0. The molecule has 0 fully saturated rings. The first-order valence-electron chi connectivity index (χ1n) is 7.60. The van der Waals surface area contributed by atoms with Crippen LogP contribution >= 0.6 is 0 Å². The van der Waals surface area contributed by atoms with Crippen LogP contribution in [0.1, 0.15) is 22.8 Å². The van der Waals surface area contributed by atoms with Crippen molar-refractivity contribution in [2.45, 2.75) is 13.0 Å². The first-order valence-corrected chi connectivity index (χ1v) is 7.60. The van der Waals surface area contributed by atoms with Crippen molar-refractivity contribution in [3.8, 4) is 17.2 Å². The van der Waals surface area contributed by atoms with Gasteiger partial charge in [-0.3, -0.25) is 4.79 Å². The van der Waals surface area contributed by atoms with Crippen LogP contribution in [0.15, 0.2) is 48.2 Å². The minimum Gasteiger partial charge on any atom is -0.496 e. The first-order chi connectivity index (χ1) is 12.0. The van der Waals surface area contributed by atoms with Crippen LogP contribution in [0.5, 0.6) is 17.2 Å². The van der Waals surface area contributed by atoms with Gasteiger partial charge in [-0.2, -0.15) is 0 Å². The number of Topliss-reactive ketones (excluding diaryl/α,β-unsaturated/α-hetero) is 1. The first kappa shape index (κ1) is 16.6. The monoisotopic (exact) mass is 340 g/mol. The molecule has 25 heavy (non-hydrogen) atoms. The van der Waals surface area contributed by atoms with Crippen LogP contribution in [-0.4, -0.2) is 30.1 Å². The van der Waals surface area contributed by atoms with E-state index in [-0.39, 0.29) is 11.5 Å². The smallest absolute Gasteiger partial charge is 0.344 e. The zero-order valence-corrected chi connectivity index (χ0v) is 13.7. The highest BCUT2D eigenvalue weighted by molar-refractivity contribution is 6.14. The van der Waals surface area contributed by atoms with E-state index in [1.165, 1.54) is 13.0 Å². The van der Waals surface area contributed by atoms with Gasteiger partial charge in [0.25, 0.3) is 0 Å². The van der Waals surface area contributed by atoms with E-state index in [1.54, 1.807) is 31.4 Å². The zero-order valence-electron chi connectivity index (χ0n) is 13.7. The number of benzene rings is 2. The Morgan fingerprint density at radius 2 is 2.00 bits per heavy atom. The molecule has 0 saturated heterocycles. The molecule has 1 atom stereocenters. The highest BCUT2D eigenvalue weighted by atomic mass is 16.5. The quantitative estimate of drug-likeness (QED) is 0.842. The van der Waals surface area contributed by atoms with Crippen molar-refractivity contribution in [3.05, 3.63) is 59.4 Å². The molecule has 0 bridgehead atoms. The number of aliphatic carboxylic acids is 1. The van der Waals surface area contributed by atoms with E-state index in [2.05, 4.69) is 0 Å². The van der Waals surface area contributed by atoms with Crippen molar-refractivity contribution in [2.24, 2.45) is 0 Å². The molecular formula is C19H16O6. The number of para-hydroxylation sites is 1. The van der Waals surface area contributed by atoms with Crippen molar-refractivity contribution in [2.75, 3.05) is 7.11 Å². The molecule has 0 amide bonds. The highest BCUT2D eigenvalue weighted by Crippen LogP contribution is 2.35. The fraction of sp³-hybridized carbons (Fsp3) is 0.158. The third-order valence-electron chi connectivity index (χ3n) is 3.73. The van der Waals surface area contributed by atoms with E-state index in [0.717, 1.165) is 5.56 Å². The van der Waals surface area contributed by atoms with Crippen LogP contribution in [-0.2, 0) is 4.79 Å². The molecule has 6 nitrogen and oxygen atoms in total. The predicted octanol–water partition coefficient (Wildman–Crippen LogP) is 3.16. The van der Waals surface area contributed by atoms with Crippen molar-refractivity contribution in [3.63, 3.8) is 0 Å². The van der Waals surface area contributed by atoms with E-state index in [0.29, 0.717) is 22.8 Å². The van der Waals surface area contributed by atoms with Crippen LogP contribution in [0.4, 0.5) is 0 Å². The van der Waals surface area contributed by atoms with Gasteiger partial charge in [0.15, 0.2) is 11.9 Å². The fourth-order valence-corrected chi connectivity index (χ4v) is 2.42. The molecule has 3 rings (SSSR count). The van der Waals surface area contributed by atoms with Gasteiger partial charge in [0.1, 0.15) is 17.2 Å². The molecule has 0 aromatic heterocycles. The Labute approximate surface area is 144 Å². The van der Waals surface area contributed by atoms with E-state index in [1.807, 2.05) is 18.2 Å². The maximum absolute atomic E-state index is 12.5. The summed E-state index contributed by atoms with van der Waals surface area (Å²) in [6, 6.07) is 11.9. The summed E-state index contributed by atoms with van der Waals surface area (Å²) < 4.78 is 16.2. The van der Waals surface area contributed by atoms with Gasteiger partial charge in [-0.1, -0.05) is 18.2 Å². The van der Waals surface area contributed by atoms with Crippen molar-refractivity contribution < 1.29 is 28.9 Å². The standard InChI is InChI=1S/C19H16O6/c1-11(19(21)22)24-13-7-8-14-16(10-13)25-17(18(14)20)9-12-5-3-4-6-15(12)23-2/h3-11H,1-2H3,(H,21,22)/b17-9-. The van der Waals surface area contributed by atoms with Crippen molar-refractivity contribution in [1.29, 1.82) is 0 Å². The number of ketones is 1. The second kappa shape index (κ2) is 6.68. The average Bonchev–Trinajstić information content (AvgIpc) is 2.90. The summed E-state index contributed by atoms with van der Waals surface area (Å²) in [6.45, 7) is 1.43. The van der Waals surface area contributed by atoms with E-state index >= 15 is 0 Å². The number of hydrogen-bond acceptors (Lipinski definition) is 5. The molecule has 6 heteroatoms. The molecule has 0 saturated carbocycles. The number of hydrogen-bond donors (Lipinski definition) is 1. The molecule has 2 aromatic carbocycles. The van der Waals surface area contributed by atoms with E-state index < -0.39 is 12.1 Å². The Bertz CT molecular complexity index is 868. The Hall–Kier alpha value is -3.28. The molecule has 0 radical (unpaired) electrons. The van der Waals surface area contributed by atoms with E-state index in [9.17, 15) is 9.59 Å². The second-order valence-corrected chi connectivity index (χ2v) is 5.44. The summed E-state index contributed by atoms with van der Waals surface area (Å²) in [6.07, 6.45) is 0.612. The van der Waals surface area contributed by atoms with Crippen molar-refractivity contribution >= 4 is 17.8 Å². The molecule has 128 valence electrons. The lowest BCUT2D eigenvalue weighted by molar-refractivity contribution is -0.144. The van der Waals surface area contributed by atoms with Gasteiger partial charge < -0.3 is 19.3 Å². The number of fused-ring (bicyclic) bond motifs is 1. The number of carboxylic acids is 1. The minimum atomic E-state index is -1.07. The van der Waals surface area contributed by atoms with Crippen LogP contribution < -0.4 is 14.2 Å². The van der Waals surface area contributed by atoms with Crippen LogP contribution in [0.2, 0.25) is 0 Å². The molecule has 1 N–H and O–H groups in total. The number of carbonyl (C=O) groups excluding carboxylic acids is 1. The predicted molar refractivity (Wildman–Crippen MR) is 90.1 cm³/mol. The van der Waals surface area contributed by atoms with Gasteiger partial charge in [0.2, 0.25) is 5.78 Å². The van der Waals surface area contributed by atoms with Gasteiger partial charge in [-0.25, -0.2) is 4.79 Å². The second-order valence-electron chi connectivity index (χ2n) is 5.44. The third kappa shape index (κ3) is 3.33. The Morgan fingerprint density at radius 1 is 1.24 bits per heavy atom. The molecule has 0 spiro atoms. The third-order valence-corrected chi connectivity index (χ3v) is 3.73. The fourth-order valence-electron chi connectivity index (χ4n) is 2.42. The number of carboxylic acid groups (broad SMARTS) is 1. The molecule has 2 aromatic rings. The largest absolute Gasteiger partial charge is 0.496 e. The molecule has 1 aliphatic heterocycles. The lowest BCUT2D eigenvalue weighted by atomic mass is 10.1. The van der Waals surface area contributed by atoms with Gasteiger partial charge in [-0.05, 0) is 31.2 Å². The maximum atomic E-state index is 12.5. The Balaban J connectivity index is 1.88. The SMILES string of the molecule is COc1ccccc1/C=C1\Oc2cc(OC(C)C(=O)O)ccc2C1=O. The number of rotatable bonds is 5. The Morgan fingerprint density at radius 3 is 2.72 bits per heavy atom. The average molecular weight is 340 g/mol. The van der Waals surface area contributed by atoms with Gasteiger partial charge >= 0.3 is 5.97 Å². The summed E-state index contributed by atoms with van der Waals surface area (Å²) in [7, 11) is 1.55. The number of carbonyl (C=O) groups is 2. The number of ether oxygens (including phenoxy) is 3. The van der Waals surface area contributed by atoms with Gasteiger partial charge in [-0.15, -0.1) is 0 Å². The number of allylic oxidation sites excluding steroid dienone is 1. The highest BCUT2D eigenvalue weighted by Gasteiger charge is 2.28. The summed E-state index contributed by atoms with van der Waals surface area (Å²) in [4.78, 5) is 23.3. The van der Waals surface area contributed by atoms with Crippen molar-refractivity contribution in [1.82, 2.24) is 0 Å². The lowest BCUT2D eigenvalue weighted by Crippen LogP contribution is -2.22. The molecule has 1 unspecified atom stereocenters. The Kier molecular flexibility index (Phi) is 4.43. The zero-order chi connectivity index (χ0) is 18.0. The summed E-state index contributed by atoms with van der Waals surface area (Å²) in [5.41, 5.74) is 1.12. The lowest BCUT2D eigenvalue weighted by Gasteiger charge is -2.10. The van der Waals surface area contributed by atoms with Crippen LogP contribution in [0.3, 0.4) is 0 Å². The topological polar surface area (TPSA) is 82.1 Å². The molecular weight excluding hydrogens is 324 g/mol. The van der Waals surface area contributed by atoms with Crippen LogP contribution in [0.25, 0.3) is 6.08 Å². The summed E-state index contributed by atoms with van der Waals surface area (Å²) in [5.74, 6) is 0.124. The van der Waals surface area contributed by atoms with E-state index in [4.69, 9.17) is 19.3 Å². The normalized spacial score (nSPS) is 15.4. The van der Waals surface area contributed by atoms with Gasteiger partial charge in [0.05, 0.1) is 12.7 Å². The van der Waals surface area contributed by atoms with Crippen LogP contribution in [0, 0.1) is 0 Å². The molecule has 0 aliphatic carbocycles. The minimum absolute atomic E-state index is 0.169. The van der Waals surface area contributed by atoms with Gasteiger partial charge in [0, 0.05) is 11.6 Å².